The molecule has 0 aliphatic carbocycles. The van der Waals surface area contributed by atoms with Gasteiger partial charge in [-0.1, -0.05) is 13.8 Å². The Labute approximate surface area is 94.7 Å². The Morgan fingerprint density at radius 2 is 2.12 bits per heavy atom. The normalized spacial score (nSPS) is 12.8. The van der Waals surface area contributed by atoms with Crippen molar-refractivity contribution in [1.82, 2.24) is 9.97 Å². The fraction of sp³-hybridized carbons (Fsp3) is 0.545. The molecule has 5 nitrogen and oxygen atoms in total. The summed E-state index contributed by atoms with van der Waals surface area (Å²) >= 11 is 0. The molecule has 0 aliphatic rings. The molecule has 88 valence electrons. The highest BCUT2D eigenvalue weighted by Crippen LogP contribution is 2.11. The van der Waals surface area contributed by atoms with Crippen LogP contribution in [0, 0.1) is 12.8 Å². The molecule has 0 saturated carbocycles. The van der Waals surface area contributed by atoms with Crippen molar-refractivity contribution < 1.29 is 9.90 Å². The molecule has 0 spiro atoms. The maximum Gasteiger partial charge on any atom is 0.328 e. The molecule has 1 atom stereocenters. The smallest absolute Gasteiger partial charge is 0.328 e. The predicted octanol–water partition coefficient (Wildman–Crippen LogP) is 1.07. The largest absolute Gasteiger partial charge is 0.480 e. The number of rotatable bonds is 4. The number of nitrogens with zero attached hydrogens (tertiary/aromatic N) is 2. The summed E-state index contributed by atoms with van der Waals surface area (Å²) in [5.41, 5.74) is 7.07. The molecule has 1 aromatic heterocycles. The average molecular weight is 223 g/mol. The monoisotopic (exact) mass is 223 g/mol. The third-order valence-electron chi connectivity index (χ3n) is 2.09. The fourth-order valence-corrected chi connectivity index (χ4v) is 1.43. The Kier molecular flexibility index (Phi) is 3.95. The molecular formula is C11H17N3O2. The molecule has 0 fully saturated rings. The highest BCUT2D eigenvalue weighted by atomic mass is 16.4. The van der Waals surface area contributed by atoms with Crippen molar-refractivity contribution in [3.63, 3.8) is 0 Å². The second-order valence-corrected chi connectivity index (χ2v) is 4.27. The minimum atomic E-state index is -1.15. The molecule has 3 N–H and O–H groups in total. The number of aromatic nitrogens is 2. The van der Waals surface area contributed by atoms with Gasteiger partial charge in [0.15, 0.2) is 11.9 Å². The second kappa shape index (κ2) is 5.03. The van der Waals surface area contributed by atoms with Crippen molar-refractivity contribution in [1.29, 1.82) is 0 Å². The van der Waals surface area contributed by atoms with Crippen molar-refractivity contribution in [2.24, 2.45) is 11.7 Å². The summed E-state index contributed by atoms with van der Waals surface area (Å²) in [5, 5.41) is 8.79. The first-order chi connectivity index (χ1) is 7.40. The SMILES string of the molecule is Cc1cc(CC(C)C)nc(C(N)C(=O)O)n1. The number of aliphatic carboxylic acids is 1. The van der Waals surface area contributed by atoms with Gasteiger partial charge in [-0.15, -0.1) is 0 Å². The Morgan fingerprint density at radius 1 is 1.50 bits per heavy atom. The summed E-state index contributed by atoms with van der Waals surface area (Å²) in [6.07, 6.45) is 0.794. The van der Waals surface area contributed by atoms with Crippen molar-refractivity contribution in [3.05, 3.63) is 23.3 Å². The van der Waals surface area contributed by atoms with E-state index in [2.05, 4.69) is 23.8 Å². The van der Waals surface area contributed by atoms with E-state index in [1.807, 2.05) is 13.0 Å². The van der Waals surface area contributed by atoms with Gasteiger partial charge in [0, 0.05) is 11.4 Å². The van der Waals surface area contributed by atoms with E-state index >= 15 is 0 Å². The first-order valence-corrected chi connectivity index (χ1v) is 5.23. The maximum absolute atomic E-state index is 10.7. The van der Waals surface area contributed by atoms with Crippen LogP contribution >= 0.6 is 0 Å². The lowest BCUT2D eigenvalue weighted by Gasteiger charge is -2.10. The van der Waals surface area contributed by atoms with Gasteiger partial charge in [-0.3, -0.25) is 4.79 Å². The number of carbonyl (C=O) groups is 1. The van der Waals surface area contributed by atoms with Gasteiger partial charge in [-0.05, 0) is 25.3 Å². The van der Waals surface area contributed by atoms with E-state index in [1.54, 1.807) is 0 Å². The standard InChI is InChI=1S/C11H17N3O2/c1-6(2)4-8-5-7(3)13-10(14-8)9(12)11(15)16/h5-6,9H,4,12H2,1-3H3,(H,15,16). The van der Waals surface area contributed by atoms with E-state index in [-0.39, 0.29) is 5.82 Å². The van der Waals surface area contributed by atoms with Gasteiger partial charge < -0.3 is 10.8 Å². The van der Waals surface area contributed by atoms with Gasteiger partial charge in [0.25, 0.3) is 0 Å². The van der Waals surface area contributed by atoms with Crippen LogP contribution in [-0.2, 0) is 11.2 Å². The molecule has 1 rings (SSSR count). The third kappa shape index (κ3) is 3.27. The highest BCUT2D eigenvalue weighted by molar-refractivity contribution is 5.73. The van der Waals surface area contributed by atoms with E-state index in [9.17, 15) is 4.79 Å². The van der Waals surface area contributed by atoms with Crippen LogP contribution in [0.15, 0.2) is 6.07 Å². The molecule has 0 bridgehead atoms. The lowest BCUT2D eigenvalue weighted by atomic mass is 10.1. The fourth-order valence-electron chi connectivity index (χ4n) is 1.43. The van der Waals surface area contributed by atoms with Crippen LogP contribution in [0.25, 0.3) is 0 Å². The molecule has 0 radical (unpaired) electrons. The Balaban J connectivity index is 3.02. The first kappa shape index (κ1) is 12.6. The number of hydrogen-bond donors (Lipinski definition) is 2. The number of carboxylic acids is 1. The van der Waals surface area contributed by atoms with Gasteiger partial charge in [0.05, 0.1) is 0 Å². The van der Waals surface area contributed by atoms with E-state index in [4.69, 9.17) is 10.8 Å². The summed E-state index contributed by atoms with van der Waals surface area (Å²) in [6, 6.07) is 0.712. The average Bonchev–Trinajstić information content (AvgIpc) is 2.14. The zero-order chi connectivity index (χ0) is 12.3. The lowest BCUT2D eigenvalue weighted by molar-refractivity contribution is -0.138. The third-order valence-corrected chi connectivity index (χ3v) is 2.09. The molecule has 1 unspecified atom stereocenters. The number of carboxylic acid groups (broad SMARTS) is 1. The number of nitrogens with two attached hydrogens (primary N) is 1. The van der Waals surface area contributed by atoms with Crippen molar-refractivity contribution in [3.8, 4) is 0 Å². The van der Waals surface area contributed by atoms with Gasteiger partial charge in [-0.25, -0.2) is 9.97 Å². The van der Waals surface area contributed by atoms with Gasteiger partial charge in [0.1, 0.15) is 0 Å². The topological polar surface area (TPSA) is 89.1 Å². The summed E-state index contributed by atoms with van der Waals surface area (Å²) in [5.74, 6) is -0.465. The van der Waals surface area contributed by atoms with Gasteiger partial charge >= 0.3 is 5.97 Å². The zero-order valence-electron chi connectivity index (χ0n) is 9.77. The molecule has 1 heterocycles. The molecular weight excluding hydrogens is 206 g/mol. The summed E-state index contributed by atoms with van der Waals surface area (Å²) in [4.78, 5) is 19.0. The van der Waals surface area contributed by atoms with E-state index in [1.165, 1.54) is 0 Å². The Bertz CT molecular complexity index is 391. The van der Waals surface area contributed by atoms with Crippen LogP contribution in [0.3, 0.4) is 0 Å². The van der Waals surface area contributed by atoms with Crippen LogP contribution < -0.4 is 5.73 Å². The first-order valence-electron chi connectivity index (χ1n) is 5.23. The van der Waals surface area contributed by atoms with Crippen molar-refractivity contribution in [2.75, 3.05) is 0 Å². The molecule has 1 aromatic rings. The second-order valence-electron chi connectivity index (χ2n) is 4.27. The number of hydrogen-bond acceptors (Lipinski definition) is 4. The van der Waals surface area contributed by atoms with E-state index in [0.717, 1.165) is 17.8 Å². The predicted molar refractivity (Wildman–Crippen MR) is 59.9 cm³/mol. The molecule has 5 heteroatoms. The minimum Gasteiger partial charge on any atom is -0.480 e. The quantitative estimate of drug-likeness (QED) is 0.796. The molecule has 0 amide bonds. The van der Waals surface area contributed by atoms with Crippen LogP contribution in [0.1, 0.15) is 37.1 Å². The Morgan fingerprint density at radius 3 is 2.62 bits per heavy atom. The summed E-state index contributed by atoms with van der Waals surface area (Å²) in [6.45, 7) is 5.96. The molecule has 0 saturated heterocycles. The number of aryl methyl sites for hydroxylation is 1. The summed E-state index contributed by atoms with van der Waals surface area (Å²) < 4.78 is 0. The van der Waals surface area contributed by atoms with E-state index in [0.29, 0.717) is 5.92 Å². The lowest BCUT2D eigenvalue weighted by Crippen LogP contribution is -2.24. The zero-order valence-corrected chi connectivity index (χ0v) is 9.77. The van der Waals surface area contributed by atoms with E-state index < -0.39 is 12.0 Å². The molecule has 0 aromatic carbocycles. The van der Waals surface area contributed by atoms with Gasteiger partial charge in [-0.2, -0.15) is 0 Å². The van der Waals surface area contributed by atoms with Crippen LogP contribution in [-0.4, -0.2) is 21.0 Å². The highest BCUT2D eigenvalue weighted by Gasteiger charge is 2.18. The Hall–Kier alpha value is -1.49. The summed E-state index contributed by atoms with van der Waals surface area (Å²) in [7, 11) is 0. The van der Waals surface area contributed by atoms with Crippen LogP contribution in [0.2, 0.25) is 0 Å². The minimum absolute atomic E-state index is 0.183. The van der Waals surface area contributed by atoms with Crippen molar-refractivity contribution >= 4 is 5.97 Å². The van der Waals surface area contributed by atoms with Crippen LogP contribution in [0.5, 0.6) is 0 Å². The van der Waals surface area contributed by atoms with Gasteiger partial charge in [0.2, 0.25) is 0 Å². The molecule has 0 aliphatic heterocycles. The van der Waals surface area contributed by atoms with Crippen molar-refractivity contribution in [2.45, 2.75) is 33.2 Å². The maximum atomic E-state index is 10.7. The molecule has 16 heavy (non-hydrogen) atoms. The van der Waals surface area contributed by atoms with Crippen LogP contribution in [0.4, 0.5) is 0 Å².